The minimum absolute atomic E-state index is 0.0281. The van der Waals surface area contributed by atoms with Gasteiger partial charge in [-0.05, 0) is 32.1 Å². The number of carbonyl (C=O) groups is 3. The molecule has 8 nitrogen and oxygen atoms in total. The lowest BCUT2D eigenvalue weighted by Gasteiger charge is -2.16. The van der Waals surface area contributed by atoms with E-state index < -0.39 is 30.9 Å². The standard InChI is InChI=1S/C37H64O8/c1-3-5-7-8-9-10-11-12-13-14-19-23-36(42)44-29-31(28-38)45-37(43)24-20-16-15-18-22-32-33(35(41)27-34(32)40)26-25-30(39)21-17-6-4-2/h15,18,25-26,30-33,35,38-39,41H,3-14,16-17,19-24,27-29H2,1-2H3/b18-15-,26-25+/t30-,31-,32+,33+,35+/m0/s1. The van der Waals surface area contributed by atoms with Crippen LogP contribution < -0.4 is 0 Å². The molecule has 0 amide bonds. The Hall–Kier alpha value is -2.03. The molecule has 0 spiro atoms. The molecule has 0 bridgehead atoms. The number of ether oxygens (including phenoxy) is 2. The summed E-state index contributed by atoms with van der Waals surface area (Å²) in [6, 6.07) is 0. The highest BCUT2D eigenvalue weighted by Crippen LogP contribution is 2.33. The van der Waals surface area contributed by atoms with Crippen LogP contribution in [0.3, 0.4) is 0 Å². The van der Waals surface area contributed by atoms with E-state index in [1.165, 1.54) is 51.4 Å². The van der Waals surface area contributed by atoms with Gasteiger partial charge >= 0.3 is 11.9 Å². The fraction of sp³-hybridized carbons (Fsp3) is 0.811. The third-order valence-corrected chi connectivity index (χ3v) is 8.62. The van der Waals surface area contributed by atoms with Crippen molar-refractivity contribution in [3.8, 4) is 0 Å². The summed E-state index contributed by atoms with van der Waals surface area (Å²) in [7, 11) is 0. The Labute approximate surface area is 273 Å². The summed E-state index contributed by atoms with van der Waals surface area (Å²) in [6.45, 7) is 3.78. The summed E-state index contributed by atoms with van der Waals surface area (Å²) in [5.74, 6) is -1.38. The fourth-order valence-electron chi connectivity index (χ4n) is 5.77. The van der Waals surface area contributed by atoms with Crippen molar-refractivity contribution in [1.82, 2.24) is 0 Å². The molecule has 1 aliphatic rings. The molecule has 0 radical (unpaired) electrons. The van der Waals surface area contributed by atoms with Crippen molar-refractivity contribution in [2.45, 2.75) is 167 Å². The molecule has 1 rings (SSSR count). The number of hydrogen-bond acceptors (Lipinski definition) is 8. The average Bonchev–Trinajstić information content (AvgIpc) is 3.29. The summed E-state index contributed by atoms with van der Waals surface area (Å²) >= 11 is 0. The first-order valence-corrected chi connectivity index (χ1v) is 18.0. The Morgan fingerprint density at radius 1 is 0.844 bits per heavy atom. The van der Waals surface area contributed by atoms with Gasteiger partial charge in [-0.1, -0.05) is 122 Å². The summed E-state index contributed by atoms with van der Waals surface area (Å²) in [5.41, 5.74) is 0. The highest BCUT2D eigenvalue weighted by Gasteiger charge is 2.39. The van der Waals surface area contributed by atoms with Crippen LogP contribution in [0.15, 0.2) is 24.3 Å². The second kappa shape index (κ2) is 27.1. The van der Waals surface area contributed by atoms with Gasteiger partial charge in [0, 0.05) is 31.1 Å². The number of aliphatic hydroxyl groups is 3. The number of rotatable bonds is 28. The van der Waals surface area contributed by atoms with Gasteiger partial charge in [-0.3, -0.25) is 14.4 Å². The van der Waals surface area contributed by atoms with Gasteiger partial charge in [0.1, 0.15) is 12.4 Å². The van der Waals surface area contributed by atoms with Gasteiger partial charge in [0.05, 0.1) is 18.8 Å². The lowest BCUT2D eigenvalue weighted by Crippen LogP contribution is -2.28. The van der Waals surface area contributed by atoms with E-state index in [1.807, 2.05) is 12.2 Å². The molecule has 260 valence electrons. The van der Waals surface area contributed by atoms with Crippen LogP contribution in [-0.4, -0.2) is 64.6 Å². The molecule has 3 N–H and O–H groups in total. The quantitative estimate of drug-likeness (QED) is 0.0463. The normalized spacial score (nSPS) is 19.8. The smallest absolute Gasteiger partial charge is 0.306 e. The minimum atomic E-state index is -0.871. The number of hydrogen-bond donors (Lipinski definition) is 3. The molecule has 0 aromatic heterocycles. The number of aliphatic hydroxyl groups excluding tert-OH is 3. The van der Waals surface area contributed by atoms with Gasteiger partial charge in [0.2, 0.25) is 0 Å². The zero-order valence-electron chi connectivity index (χ0n) is 28.3. The van der Waals surface area contributed by atoms with E-state index in [9.17, 15) is 29.7 Å². The van der Waals surface area contributed by atoms with Crippen LogP contribution in [0.5, 0.6) is 0 Å². The first kappa shape index (κ1) is 41.0. The third kappa shape index (κ3) is 20.7. The average molecular weight is 637 g/mol. The van der Waals surface area contributed by atoms with E-state index in [-0.39, 0.29) is 43.0 Å². The van der Waals surface area contributed by atoms with Crippen molar-refractivity contribution in [2.24, 2.45) is 11.8 Å². The van der Waals surface area contributed by atoms with Crippen LogP contribution in [0, 0.1) is 11.8 Å². The van der Waals surface area contributed by atoms with Crippen LogP contribution >= 0.6 is 0 Å². The Balaban J connectivity index is 2.19. The molecule has 1 fully saturated rings. The lowest BCUT2D eigenvalue weighted by molar-refractivity contribution is -0.161. The van der Waals surface area contributed by atoms with E-state index in [2.05, 4.69) is 13.8 Å². The van der Waals surface area contributed by atoms with Gasteiger partial charge in [-0.15, -0.1) is 0 Å². The van der Waals surface area contributed by atoms with Gasteiger partial charge in [-0.2, -0.15) is 0 Å². The molecule has 0 aliphatic heterocycles. The highest BCUT2D eigenvalue weighted by molar-refractivity contribution is 5.84. The minimum Gasteiger partial charge on any atom is -0.462 e. The Morgan fingerprint density at radius 2 is 1.44 bits per heavy atom. The maximum atomic E-state index is 12.4. The summed E-state index contributed by atoms with van der Waals surface area (Å²) < 4.78 is 10.5. The topological polar surface area (TPSA) is 130 Å². The van der Waals surface area contributed by atoms with Crippen molar-refractivity contribution in [3.05, 3.63) is 24.3 Å². The molecule has 45 heavy (non-hydrogen) atoms. The number of ketones is 1. The highest BCUT2D eigenvalue weighted by atomic mass is 16.6. The first-order valence-electron chi connectivity index (χ1n) is 18.0. The summed E-state index contributed by atoms with van der Waals surface area (Å²) in [5, 5.41) is 30.1. The second-order valence-electron chi connectivity index (χ2n) is 12.7. The number of unbranched alkanes of at least 4 members (excludes halogenated alkanes) is 13. The van der Waals surface area contributed by atoms with Gasteiger partial charge in [0.25, 0.3) is 0 Å². The molecule has 1 saturated carbocycles. The zero-order valence-corrected chi connectivity index (χ0v) is 28.3. The number of carbonyl (C=O) groups excluding carboxylic acids is 3. The van der Waals surface area contributed by atoms with E-state index in [1.54, 1.807) is 12.2 Å². The zero-order chi connectivity index (χ0) is 33.1. The van der Waals surface area contributed by atoms with Crippen molar-refractivity contribution < 1.29 is 39.2 Å². The molecule has 0 heterocycles. The van der Waals surface area contributed by atoms with Crippen LogP contribution in [0.2, 0.25) is 0 Å². The fourth-order valence-corrected chi connectivity index (χ4v) is 5.77. The van der Waals surface area contributed by atoms with Crippen molar-refractivity contribution >= 4 is 17.7 Å². The summed E-state index contributed by atoms with van der Waals surface area (Å²) in [6.07, 6.45) is 24.5. The van der Waals surface area contributed by atoms with Crippen molar-refractivity contribution in [3.63, 3.8) is 0 Å². The van der Waals surface area contributed by atoms with Gasteiger partial charge in [-0.25, -0.2) is 0 Å². The van der Waals surface area contributed by atoms with E-state index in [4.69, 9.17) is 9.47 Å². The number of Topliss-reactive ketones (excluding diaryl/α,β-unsaturated/α-hetero) is 1. The maximum Gasteiger partial charge on any atom is 0.306 e. The summed E-state index contributed by atoms with van der Waals surface area (Å²) in [4.78, 5) is 36.7. The largest absolute Gasteiger partial charge is 0.462 e. The van der Waals surface area contributed by atoms with Crippen LogP contribution in [0.4, 0.5) is 0 Å². The van der Waals surface area contributed by atoms with Crippen LogP contribution in [-0.2, 0) is 23.9 Å². The van der Waals surface area contributed by atoms with Crippen LogP contribution in [0.1, 0.15) is 149 Å². The molecule has 0 aromatic carbocycles. The lowest BCUT2D eigenvalue weighted by atomic mass is 9.90. The van der Waals surface area contributed by atoms with Crippen LogP contribution in [0.25, 0.3) is 0 Å². The third-order valence-electron chi connectivity index (χ3n) is 8.62. The van der Waals surface area contributed by atoms with E-state index in [0.717, 1.165) is 38.5 Å². The predicted molar refractivity (Wildman–Crippen MR) is 179 cm³/mol. The number of allylic oxidation sites excluding steroid dienone is 2. The Kier molecular flexibility index (Phi) is 24.7. The monoisotopic (exact) mass is 636 g/mol. The molecule has 0 aromatic rings. The molecule has 1 aliphatic carbocycles. The Bertz CT molecular complexity index is 838. The molecule has 5 atom stereocenters. The Morgan fingerprint density at radius 3 is 2.09 bits per heavy atom. The molecule has 0 unspecified atom stereocenters. The second-order valence-corrected chi connectivity index (χ2v) is 12.7. The molecular weight excluding hydrogens is 572 g/mol. The number of esters is 2. The van der Waals surface area contributed by atoms with E-state index >= 15 is 0 Å². The first-order chi connectivity index (χ1) is 21.8. The predicted octanol–water partition coefficient (Wildman–Crippen LogP) is 7.31. The SMILES string of the molecule is CCCCCCCCCCCCCC(=O)OC[C@H](CO)OC(=O)CCC/C=C\C[C@H]1C(=O)C[C@@H](O)[C@@H]1/C=C/[C@@H](O)CCCCC. The molecule has 0 saturated heterocycles. The molecule has 8 heteroatoms. The van der Waals surface area contributed by atoms with Gasteiger partial charge in [0.15, 0.2) is 6.10 Å². The van der Waals surface area contributed by atoms with E-state index in [0.29, 0.717) is 32.1 Å². The van der Waals surface area contributed by atoms with Crippen molar-refractivity contribution in [1.29, 1.82) is 0 Å². The maximum absolute atomic E-state index is 12.4. The molecular formula is C37H64O8. The van der Waals surface area contributed by atoms with Crippen molar-refractivity contribution in [2.75, 3.05) is 13.2 Å². The van der Waals surface area contributed by atoms with Gasteiger partial charge < -0.3 is 24.8 Å².